The lowest BCUT2D eigenvalue weighted by Gasteiger charge is -2.34. The number of carbonyl (C=O) groups excluding carboxylic acids is 1. The molecule has 1 aliphatic rings. The summed E-state index contributed by atoms with van der Waals surface area (Å²) in [6, 6.07) is 14.0. The van der Waals surface area contributed by atoms with Gasteiger partial charge in [-0.2, -0.15) is 0 Å². The smallest absolute Gasteiger partial charge is 0.259 e. The lowest BCUT2D eigenvalue weighted by Crippen LogP contribution is -2.34. The predicted octanol–water partition coefficient (Wildman–Crippen LogP) is 5.56. The molecule has 0 spiro atoms. The highest BCUT2D eigenvalue weighted by Crippen LogP contribution is 2.31. The number of piperidine rings is 1. The molecular formula is C24H24ClFN4O. The van der Waals surface area contributed by atoms with Crippen molar-refractivity contribution in [1.82, 2.24) is 14.9 Å². The van der Waals surface area contributed by atoms with Gasteiger partial charge in [0.25, 0.3) is 5.91 Å². The molecule has 31 heavy (non-hydrogen) atoms. The maximum absolute atomic E-state index is 13.9. The van der Waals surface area contributed by atoms with Gasteiger partial charge in [0.1, 0.15) is 11.6 Å². The quantitative estimate of drug-likeness (QED) is 0.566. The number of likely N-dealkylation sites (tertiary alicyclic amines) is 1. The van der Waals surface area contributed by atoms with E-state index in [0.29, 0.717) is 17.1 Å². The van der Waals surface area contributed by atoms with Crippen LogP contribution in [0.2, 0.25) is 5.02 Å². The fourth-order valence-electron chi connectivity index (χ4n) is 3.96. The molecule has 0 saturated carbocycles. The topological polar surface area (TPSA) is 58.1 Å². The van der Waals surface area contributed by atoms with E-state index >= 15 is 0 Å². The standard InChI is InChI=1S/C24H24ClFN4O/c1-16-19(24(31)29-21-10-3-2-9-20(21)26)14-27-23(28-16)22-11-4-5-12-30(22)15-17-7-6-8-18(25)13-17/h2-3,6-10,13-14,22H,4-5,11-12,15H2,1H3,(H,29,31)/t22-/m0/s1. The maximum atomic E-state index is 13.9. The van der Waals surface area contributed by atoms with Crippen molar-refractivity contribution >= 4 is 23.2 Å². The second-order valence-electron chi connectivity index (χ2n) is 7.77. The average molecular weight is 439 g/mol. The fraction of sp³-hybridized carbons (Fsp3) is 0.292. The largest absolute Gasteiger partial charge is 0.319 e. The Morgan fingerprint density at radius 2 is 2.06 bits per heavy atom. The number of hydrogen-bond acceptors (Lipinski definition) is 4. The number of aromatic nitrogens is 2. The van der Waals surface area contributed by atoms with E-state index in [2.05, 4.69) is 26.3 Å². The molecule has 0 radical (unpaired) electrons. The van der Waals surface area contributed by atoms with Crippen LogP contribution in [0.25, 0.3) is 0 Å². The van der Waals surface area contributed by atoms with Crippen molar-refractivity contribution in [3.8, 4) is 0 Å². The highest BCUT2D eigenvalue weighted by atomic mass is 35.5. The van der Waals surface area contributed by atoms with Crippen molar-refractivity contribution in [3.63, 3.8) is 0 Å². The Morgan fingerprint density at radius 1 is 1.23 bits per heavy atom. The zero-order valence-corrected chi connectivity index (χ0v) is 18.1. The van der Waals surface area contributed by atoms with Gasteiger partial charge in [-0.15, -0.1) is 0 Å². The summed E-state index contributed by atoms with van der Waals surface area (Å²) >= 11 is 6.15. The Bertz CT molecular complexity index is 1090. The van der Waals surface area contributed by atoms with E-state index in [1.807, 2.05) is 18.2 Å². The number of halogens is 2. The Labute approximate surface area is 186 Å². The Morgan fingerprint density at radius 3 is 2.84 bits per heavy atom. The first-order chi connectivity index (χ1) is 15.0. The van der Waals surface area contributed by atoms with Gasteiger partial charge in [-0.3, -0.25) is 9.69 Å². The van der Waals surface area contributed by atoms with E-state index in [-0.39, 0.29) is 11.7 Å². The third-order valence-electron chi connectivity index (χ3n) is 5.55. The summed E-state index contributed by atoms with van der Waals surface area (Å²) in [5.41, 5.74) is 2.20. The Balaban J connectivity index is 1.53. The van der Waals surface area contributed by atoms with Crippen LogP contribution >= 0.6 is 11.6 Å². The Hall–Kier alpha value is -2.83. The van der Waals surface area contributed by atoms with Crippen LogP contribution in [0, 0.1) is 12.7 Å². The van der Waals surface area contributed by atoms with Gasteiger partial charge in [-0.25, -0.2) is 14.4 Å². The van der Waals surface area contributed by atoms with Crippen LogP contribution in [0.15, 0.2) is 54.7 Å². The molecule has 7 heteroatoms. The zero-order chi connectivity index (χ0) is 21.8. The van der Waals surface area contributed by atoms with Gasteiger partial charge >= 0.3 is 0 Å². The van der Waals surface area contributed by atoms with Crippen LogP contribution in [0.1, 0.15) is 52.7 Å². The summed E-state index contributed by atoms with van der Waals surface area (Å²) in [6.45, 7) is 3.50. The summed E-state index contributed by atoms with van der Waals surface area (Å²) < 4.78 is 13.9. The normalized spacial score (nSPS) is 16.8. The van der Waals surface area contributed by atoms with Crippen molar-refractivity contribution in [2.24, 2.45) is 0 Å². The van der Waals surface area contributed by atoms with Crippen LogP contribution in [-0.4, -0.2) is 27.3 Å². The zero-order valence-electron chi connectivity index (χ0n) is 17.3. The van der Waals surface area contributed by atoms with Gasteiger partial charge in [0.15, 0.2) is 0 Å². The van der Waals surface area contributed by atoms with Gasteiger partial charge in [0.2, 0.25) is 0 Å². The third kappa shape index (κ3) is 5.09. The van der Waals surface area contributed by atoms with Crippen LogP contribution in [0.5, 0.6) is 0 Å². The number of nitrogens with zero attached hydrogens (tertiary/aromatic N) is 3. The van der Waals surface area contributed by atoms with Crippen molar-refractivity contribution in [2.75, 3.05) is 11.9 Å². The number of carbonyl (C=O) groups is 1. The van der Waals surface area contributed by atoms with E-state index in [0.717, 1.165) is 42.9 Å². The number of hydrogen-bond donors (Lipinski definition) is 1. The number of rotatable bonds is 5. The number of nitrogens with one attached hydrogen (secondary N) is 1. The van der Waals surface area contributed by atoms with Crippen molar-refractivity contribution in [3.05, 3.63) is 88.2 Å². The minimum atomic E-state index is -0.482. The lowest BCUT2D eigenvalue weighted by molar-refractivity contribution is 0.102. The molecule has 0 aliphatic carbocycles. The van der Waals surface area contributed by atoms with Crippen molar-refractivity contribution < 1.29 is 9.18 Å². The molecule has 0 bridgehead atoms. The monoisotopic (exact) mass is 438 g/mol. The van der Waals surface area contributed by atoms with E-state index < -0.39 is 11.7 Å². The van der Waals surface area contributed by atoms with Crippen LogP contribution in [-0.2, 0) is 6.54 Å². The van der Waals surface area contributed by atoms with Crippen LogP contribution < -0.4 is 5.32 Å². The summed E-state index contributed by atoms with van der Waals surface area (Å²) in [6.07, 6.45) is 4.73. The average Bonchev–Trinajstić information content (AvgIpc) is 2.75. The van der Waals surface area contributed by atoms with Gasteiger partial charge in [-0.05, 0) is 56.1 Å². The molecule has 1 amide bonds. The second kappa shape index (κ2) is 9.54. The fourth-order valence-corrected chi connectivity index (χ4v) is 4.18. The highest BCUT2D eigenvalue weighted by molar-refractivity contribution is 6.30. The maximum Gasteiger partial charge on any atom is 0.259 e. The summed E-state index contributed by atoms with van der Waals surface area (Å²) in [5.74, 6) is -0.194. The SMILES string of the molecule is Cc1nc([C@@H]2CCCCN2Cc2cccc(Cl)c2)ncc1C(=O)Nc1ccccc1F. The minimum absolute atomic E-state index is 0.0788. The number of benzene rings is 2. The molecule has 2 aromatic carbocycles. The lowest BCUT2D eigenvalue weighted by atomic mass is 10.00. The van der Waals surface area contributed by atoms with E-state index in [1.165, 1.54) is 12.1 Å². The van der Waals surface area contributed by atoms with Gasteiger partial charge in [-0.1, -0.05) is 42.3 Å². The molecule has 1 aliphatic heterocycles. The van der Waals surface area contributed by atoms with E-state index in [1.54, 1.807) is 25.3 Å². The molecule has 160 valence electrons. The number of aryl methyl sites for hydroxylation is 1. The summed E-state index contributed by atoms with van der Waals surface area (Å²) in [4.78, 5) is 24.2. The van der Waals surface area contributed by atoms with Crippen LogP contribution in [0.4, 0.5) is 10.1 Å². The minimum Gasteiger partial charge on any atom is -0.319 e. The number of amides is 1. The first kappa shape index (κ1) is 21.4. The first-order valence-electron chi connectivity index (χ1n) is 10.4. The third-order valence-corrected chi connectivity index (χ3v) is 5.79. The van der Waals surface area contributed by atoms with E-state index in [4.69, 9.17) is 11.6 Å². The van der Waals surface area contributed by atoms with E-state index in [9.17, 15) is 9.18 Å². The molecule has 3 aromatic rings. The molecular weight excluding hydrogens is 415 g/mol. The Kier molecular flexibility index (Phi) is 6.59. The van der Waals surface area contributed by atoms with Crippen molar-refractivity contribution in [1.29, 1.82) is 0 Å². The molecule has 4 rings (SSSR count). The summed E-state index contributed by atoms with van der Waals surface area (Å²) in [5, 5.41) is 3.32. The number of para-hydroxylation sites is 1. The number of anilines is 1. The second-order valence-corrected chi connectivity index (χ2v) is 8.21. The summed E-state index contributed by atoms with van der Waals surface area (Å²) in [7, 11) is 0. The van der Waals surface area contributed by atoms with Crippen molar-refractivity contribution in [2.45, 2.75) is 38.8 Å². The first-order valence-corrected chi connectivity index (χ1v) is 10.8. The van der Waals surface area contributed by atoms with Gasteiger partial charge < -0.3 is 5.32 Å². The van der Waals surface area contributed by atoms with Crippen LogP contribution in [0.3, 0.4) is 0 Å². The molecule has 1 fully saturated rings. The van der Waals surface area contributed by atoms with Gasteiger partial charge in [0, 0.05) is 17.8 Å². The predicted molar refractivity (Wildman–Crippen MR) is 120 cm³/mol. The molecule has 1 N–H and O–H groups in total. The molecule has 1 aromatic heterocycles. The molecule has 1 atom stereocenters. The molecule has 2 heterocycles. The molecule has 5 nitrogen and oxygen atoms in total. The molecule has 1 saturated heterocycles. The molecule has 0 unspecified atom stereocenters. The highest BCUT2D eigenvalue weighted by Gasteiger charge is 2.27. The van der Waals surface area contributed by atoms with Gasteiger partial charge in [0.05, 0.1) is 23.0 Å².